The summed E-state index contributed by atoms with van der Waals surface area (Å²) in [7, 11) is 0. The highest BCUT2D eigenvalue weighted by molar-refractivity contribution is 9.11. The van der Waals surface area contributed by atoms with Crippen molar-refractivity contribution >= 4 is 54.8 Å². The lowest BCUT2D eigenvalue weighted by atomic mass is 9.83. The highest BCUT2D eigenvalue weighted by atomic mass is 79.9. The van der Waals surface area contributed by atoms with Crippen molar-refractivity contribution in [3.8, 4) is 0 Å². The van der Waals surface area contributed by atoms with Crippen LogP contribution in [0.15, 0.2) is 34.1 Å². The van der Waals surface area contributed by atoms with Crippen LogP contribution in [0.4, 0.5) is 0 Å². The fraction of sp³-hybridized carbons (Fsp3) is 0.333. The Hall–Kier alpha value is 0.170. The standard InChI is InChI=1S/C15H15Br2ClS/c1-15(2,3)10-7-5-4-6-9(10)13(16)12-8-11(18)14(17)19-12/h4-8,13H,1-3H3. The van der Waals surface area contributed by atoms with E-state index >= 15 is 0 Å². The zero-order chi connectivity index (χ0) is 14.2. The molecule has 0 nitrogen and oxygen atoms in total. The first kappa shape index (κ1) is 15.6. The van der Waals surface area contributed by atoms with Crippen molar-refractivity contribution in [2.75, 3.05) is 0 Å². The largest absolute Gasteiger partial charge is 0.130 e. The number of halogens is 3. The zero-order valence-corrected chi connectivity index (χ0v) is 15.8. The summed E-state index contributed by atoms with van der Waals surface area (Å²) in [5, 5.41) is 0.776. The lowest BCUT2D eigenvalue weighted by molar-refractivity contribution is 0.584. The molecule has 2 rings (SSSR count). The van der Waals surface area contributed by atoms with Gasteiger partial charge < -0.3 is 0 Å². The summed E-state index contributed by atoms with van der Waals surface area (Å²) >= 11 is 15.1. The summed E-state index contributed by atoms with van der Waals surface area (Å²) in [6.07, 6.45) is 0. The lowest BCUT2D eigenvalue weighted by Gasteiger charge is -2.24. The van der Waals surface area contributed by atoms with Crippen molar-refractivity contribution in [3.05, 3.63) is 55.1 Å². The summed E-state index contributed by atoms with van der Waals surface area (Å²) in [4.78, 5) is 1.39. The second kappa shape index (κ2) is 5.88. The highest BCUT2D eigenvalue weighted by Gasteiger charge is 2.23. The Morgan fingerprint density at radius 1 is 1.21 bits per heavy atom. The highest BCUT2D eigenvalue weighted by Crippen LogP contribution is 2.43. The molecule has 0 aliphatic rings. The topological polar surface area (TPSA) is 0 Å². The Labute approximate surface area is 140 Å². The van der Waals surface area contributed by atoms with Gasteiger partial charge in [0, 0.05) is 4.88 Å². The molecule has 0 N–H and O–H groups in total. The minimum atomic E-state index is 0.126. The van der Waals surface area contributed by atoms with Gasteiger partial charge in [-0.3, -0.25) is 0 Å². The third-order valence-electron chi connectivity index (χ3n) is 2.96. The average molecular weight is 423 g/mol. The van der Waals surface area contributed by atoms with Crippen molar-refractivity contribution < 1.29 is 0 Å². The Bertz CT molecular complexity index is 565. The Balaban J connectivity index is 2.47. The van der Waals surface area contributed by atoms with Gasteiger partial charge in [-0.1, -0.05) is 72.6 Å². The van der Waals surface area contributed by atoms with Crippen LogP contribution in [-0.4, -0.2) is 0 Å². The van der Waals surface area contributed by atoms with Crippen molar-refractivity contribution in [1.29, 1.82) is 0 Å². The number of rotatable bonds is 2. The van der Waals surface area contributed by atoms with Crippen LogP contribution < -0.4 is 0 Å². The van der Waals surface area contributed by atoms with Crippen LogP contribution in [0.3, 0.4) is 0 Å². The molecule has 102 valence electrons. The second-order valence-electron chi connectivity index (χ2n) is 5.47. The van der Waals surface area contributed by atoms with Gasteiger partial charge in [0.15, 0.2) is 0 Å². The van der Waals surface area contributed by atoms with Gasteiger partial charge in [-0.15, -0.1) is 11.3 Å². The minimum absolute atomic E-state index is 0.126. The van der Waals surface area contributed by atoms with Crippen molar-refractivity contribution in [2.24, 2.45) is 0 Å². The van der Waals surface area contributed by atoms with Gasteiger partial charge in [0.1, 0.15) is 0 Å². The Morgan fingerprint density at radius 2 is 1.84 bits per heavy atom. The fourth-order valence-electron chi connectivity index (χ4n) is 2.04. The Morgan fingerprint density at radius 3 is 2.37 bits per heavy atom. The molecule has 0 fully saturated rings. The summed E-state index contributed by atoms with van der Waals surface area (Å²) in [5.41, 5.74) is 2.79. The predicted molar refractivity (Wildman–Crippen MR) is 92.9 cm³/mol. The number of hydrogen-bond acceptors (Lipinski definition) is 1. The number of hydrogen-bond donors (Lipinski definition) is 0. The maximum atomic E-state index is 6.13. The molecule has 0 aliphatic carbocycles. The van der Waals surface area contributed by atoms with E-state index in [2.05, 4.69) is 76.9 Å². The molecule has 0 spiro atoms. The van der Waals surface area contributed by atoms with Crippen LogP contribution in [0.25, 0.3) is 0 Å². The van der Waals surface area contributed by atoms with E-state index in [1.807, 2.05) is 6.07 Å². The molecule has 1 aromatic heterocycles. The summed E-state index contributed by atoms with van der Waals surface area (Å²) in [5.74, 6) is 0. The van der Waals surface area contributed by atoms with Crippen molar-refractivity contribution in [1.82, 2.24) is 0 Å². The second-order valence-corrected chi connectivity index (χ2v) is 9.19. The van der Waals surface area contributed by atoms with E-state index in [1.165, 1.54) is 16.0 Å². The third kappa shape index (κ3) is 3.44. The van der Waals surface area contributed by atoms with E-state index in [4.69, 9.17) is 11.6 Å². The molecule has 1 atom stereocenters. The van der Waals surface area contributed by atoms with Crippen molar-refractivity contribution in [2.45, 2.75) is 31.0 Å². The van der Waals surface area contributed by atoms with E-state index < -0.39 is 0 Å². The first-order valence-electron chi connectivity index (χ1n) is 5.99. The van der Waals surface area contributed by atoms with Gasteiger partial charge in [-0.25, -0.2) is 0 Å². The molecule has 19 heavy (non-hydrogen) atoms. The molecule has 0 aliphatic heterocycles. The Kier molecular flexibility index (Phi) is 4.82. The van der Waals surface area contributed by atoms with Crippen LogP contribution in [0.5, 0.6) is 0 Å². The van der Waals surface area contributed by atoms with Gasteiger partial charge in [0.25, 0.3) is 0 Å². The van der Waals surface area contributed by atoms with E-state index in [0.717, 1.165) is 8.81 Å². The molecular weight excluding hydrogens is 407 g/mol. The van der Waals surface area contributed by atoms with Crippen LogP contribution in [-0.2, 0) is 5.41 Å². The van der Waals surface area contributed by atoms with Gasteiger partial charge in [-0.2, -0.15) is 0 Å². The van der Waals surface area contributed by atoms with Gasteiger partial charge in [0.05, 0.1) is 13.6 Å². The van der Waals surface area contributed by atoms with E-state index in [-0.39, 0.29) is 10.2 Å². The SMILES string of the molecule is CC(C)(C)c1ccccc1C(Br)c1cc(Cl)c(Br)s1. The smallest absolute Gasteiger partial charge is 0.0887 e. The molecule has 1 aromatic carbocycles. The van der Waals surface area contributed by atoms with Crippen LogP contribution in [0.1, 0.15) is 41.6 Å². The predicted octanol–water partition coefficient (Wildman–Crippen LogP) is 6.95. The maximum Gasteiger partial charge on any atom is 0.0887 e. The van der Waals surface area contributed by atoms with Crippen LogP contribution in [0.2, 0.25) is 5.02 Å². The summed E-state index contributed by atoms with van der Waals surface area (Å²) in [6.45, 7) is 6.72. The normalized spacial score (nSPS) is 13.6. The van der Waals surface area contributed by atoms with Crippen molar-refractivity contribution in [3.63, 3.8) is 0 Å². The van der Waals surface area contributed by atoms with Gasteiger partial charge in [-0.05, 0) is 38.5 Å². The van der Waals surface area contributed by atoms with E-state index in [1.54, 1.807) is 11.3 Å². The lowest BCUT2D eigenvalue weighted by Crippen LogP contribution is -2.14. The van der Waals surface area contributed by atoms with Crippen LogP contribution >= 0.6 is 54.8 Å². The molecule has 0 bridgehead atoms. The first-order chi connectivity index (χ1) is 8.80. The molecule has 2 aromatic rings. The minimum Gasteiger partial charge on any atom is -0.130 e. The average Bonchev–Trinajstić information content (AvgIpc) is 2.68. The molecule has 0 saturated carbocycles. The molecule has 1 heterocycles. The fourth-order valence-corrected chi connectivity index (χ4v) is 4.60. The zero-order valence-electron chi connectivity index (χ0n) is 11.0. The van der Waals surface area contributed by atoms with Crippen LogP contribution in [0, 0.1) is 0 Å². The maximum absolute atomic E-state index is 6.13. The van der Waals surface area contributed by atoms with E-state index in [9.17, 15) is 0 Å². The first-order valence-corrected chi connectivity index (χ1v) is 8.89. The van der Waals surface area contributed by atoms with Gasteiger partial charge in [0.2, 0.25) is 0 Å². The number of benzene rings is 1. The molecule has 1 unspecified atom stereocenters. The quantitative estimate of drug-likeness (QED) is 0.460. The molecule has 4 heteroatoms. The molecule has 0 saturated heterocycles. The van der Waals surface area contributed by atoms with Gasteiger partial charge >= 0.3 is 0 Å². The summed E-state index contributed by atoms with van der Waals surface area (Å²) < 4.78 is 0.988. The summed E-state index contributed by atoms with van der Waals surface area (Å²) in [6, 6.07) is 10.6. The number of alkyl halides is 1. The molecule has 0 radical (unpaired) electrons. The monoisotopic (exact) mass is 420 g/mol. The molecule has 0 amide bonds. The number of thiophene rings is 1. The third-order valence-corrected chi connectivity index (χ3v) is 6.78. The molecular formula is C15H15Br2ClS. The van der Waals surface area contributed by atoms with E-state index in [0.29, 0.717) is 0 Å².